The van der Waals surface area contributed by atoms with Gasteiger partial charge in [-0.3, -0.25) is 4.98 Å². The lowest BCUT2D eigenvalue weighted by Gasteiger charge is -2.19. The Morgan fingerprint density at radius 1 is 1.10 bits per heavy atom. The number of anilines is 1. The second-order valence-corrected chi connectivity index (χ2v) is 5.99. The van der Waals surface area contributed by atoms with Crippen LogP contribution in [-0.4, -0.2) is 4.98 Å². The van der Waals surface area contributed by atoms with Crippen LogP contribution in [0.4, 0.5) is 5.69 Å². The van der Waals surface area contributed by atoms with Crippen LogP contribution < -0.4 is 5.32 Å². The van der Waals surface area contributed by atoms with Crippen molar-refractivity contribution in [3.63, 3.8) is 0 Å². The van der Waals surface area contributed by atoms with E-state index < -0.39 is 0 Å². The molecule has 0 saturated heterocycles. The van der Waals surface area contributed by atoms with Crippen LogP contribution in [0.2, 0.25) is 0 Å². The Hall–Kier alpha value is -1.87. The van der Waals surface area contributed by atoms with Gasteiger partial charge in [0.25, 0.3) is 0 Å². The third-order valence-corrected chi connectivity index (χ3v) is 4.14. The highest BCUT2D eigenvalue weighted by molar-refractivity contribution is 9.10. The number of aromatic nitrogens is 1. The van der Waals surface area contributed by atoms with Crippen LogP contribution >= 0.6 is 15.9 Å². The first-order valence-corrected chi connectivity index (χ1v) is 7.92. The molecule has 0 saturated carbocycles. The van der Waals surface area contributed by atoms with E-state index in [1.54, 1.807) is 0 Å². The Kier molecular flexibility index (Phi) is 4.20. The van der Waals surface area contributed by atoms with E-state index in [1.165, 1.54) is 5.56 Å². The van der Waals surface area contributed by atoms with E-state index in [0.29, 0.717) is 6.04 Å². The molecule has 21 heavy (non-hydrogen) atoms. The number of hydrogen-bond acceptors (Lipinski definition) is 2. The molecule has 0 aliphatic heterocycles. The molecule has 1 aromatic heterocycles. The monoisotopic (exact) mass is 340 g/mol. The number of rotatable bonds is 4. The van der Waals surface area contributed by atoms with Gasteiger partial charge in [-0.25, -0.2) is 0 Å². The summed E-state index contributed by atoms with van der Waals surface area (Å²) < 4.78 is 1.11. The van der Waals surface area contributed by atoms with E-state index >= 15 is 0 Å². The maximum atomic E-state index is 4.51. The minimum Gasteiger partial charge on any atom is -0.377 e. The molecule has 0 radical (unpaired) electrons. The van der Waals surface area contributed by atoms with Crippen molar-refractivity contribution in [3.05, 3.63) is 70.8 Å². The number of nitrogens with zero attached hydrogens (tertiary/aromatic N) is 1. The van der Waals surface area contributed by atoms with E-state index in [4.69, 9.17) is 0 Å². The van der Waals surface area contributed by atoms with Gasteiger partial charge in [0.2, 0.25) is 0 Å². The minimum absolute atomic E-state index is 0.293. The van der Waals surface area contributed by atoms with Crippen molar-refractivity contribution in [2.75, 3.05) is 5.32 Å². The Morgan fingerprint density at radius 3 is 2.62 bits per heavy atom. The summed E-state index contributed by atoms with van der Waals surface area (Å²) in [6.07, 6.45) is 2.93. The zero-order valence-corrected chi connectivity index (χ0v) is 13.5. The molecular weight excluding hydrogens is 324 g/mol. The number of halogens is 1. The predicted molar refractivity (Wildman–Crippen MR) is 92.5 cm³/mol. The molecule has 1 atom stereocenters. The largest absolute Gasteiger partial charge is 0.377 e. The Morgan fingerprint density at radius 2 is 1.86 bits per heavy atom. The third-order valence-electron chi connectivity index (χ3n) is 3.61. The van der Waals surface area contributed by atoms with Crippen LogP contribution in [-0.2, 0) is 0 Å². The topological polar surface area (TPSA) is 24.9 Å². The van der Waals surface area contributed by atoms with Crippen molar-refractivity contribution < 1.29 is 0 Å². The molecular formula is C18H17BrN2. The van der Waals surface area contributed by atoms with Gasteiger partial charge in [0, 0.05) is 9.86 Å². The maximum Gasteiger partial charge on any atom is 0.0703 e. The lowest BCUT2D eigenvalue weighted by atomic mass is 10.0. The molecule has 3 aromatic rings. The lowest BCUT2D eigenvalue weighted by molar-refractivity contribution is 0.749. The summed E-state index contributed by atoms with van der Waals surface area (Å²) in [4.78, 5) is 4.51. The van der Waals surface area contributed by atoms with Crippen LogP contribution in [0.25, 0.3) is 10.9 Å². The zero-order chi connectivity index (χ0) is 14.7. The van der Waals surface area contributed by atoms with Crippen LogP contribution in [0.15, 0.2) is 65.3 Å². The van der Waals surface area contributed by atoms with Gasteiger partial charge in [-0.1, -0.05) is 53.2 Å². The second-order valence-electron chi connectivity index (χ2n) is 5.07. The lowest BCUT2D eigenvalue weighted by Crippen LogP contribution is -2.09. The maximum absolute atomic E-state index is 4.51. The standard InChI is InChI=1S/C18H17BrN2/c1-2-17(13-7-9-15(19)10-8-13)21-16-11-14-5-3-4-6-18(14)20-12-16/h3-12,17,21H,2H2,1H3. The molecule has 1 unspecified atom stereocenters. The van der Waals surface area contributed by atoms with Gasteiger partial charge >= 0.3 is 0 Å². The van der Waals surface area contributed by atoms with Crippen molar-refractivity contribution in [2.45, 2.75) is 19.4 Å². The molecule has 0 aliphatic carbocycles. The number of nitrogens with one attached hydrogen (secondary N) is 1. The van der Waals surface area contributed by atoms with Crippen molar-refractivity contribution in [2.24, 2.45) is 0 Å². The van der Waals surface area contributed by atoms with Gasteiger partial charge in [0.1, 0.15) is 0 Å². The fourth-order valence-electron chi connectivity index (χ4n) is 2.47. The van der Waals surface area contributed by atoms with Crippen LogP contribution in [0, 0.1) is 0 Å². The Labute approximate surface area is 133 Å². The molecule has 0 fully saturated rings. The highest BCUT2D eigenvalue weighted by atomic mass is 79.9. The fourth-order valence-corrected chi connectivity index (χ4v) is 2.73. The molecule has 3 heteroatoms. The Balaban J connectivity index is 1.86. The predicted octanol–water partition coefficient (Wildman–Crippen LogP) is 5.56. The van der Waals surface area contributed by atoms with Crippen molar-refractivity contribution in [1.82, 2.24) is 4.98 Å². The highest BCUT2D eigenvalue weighted by Gasteiger charge is 2.09. The molecule has 3 rings (SSSR count). The molecule has 1 N–H and O–H groups in total. The first kappa shape index (κ1) is 14.1. The van der Waals surface area contributed by atoms with Crippen molar-refractivity contribution >= 4 is 32.5 Å². The third kappa shape index (κ3) is 3.24. The van der Waals surface area contributed by atoms with E-state index in [9.17, 15) is 0 Å². The summed E-state index contributed by atoms with van der Waals surface area (Å²) in [6, 6.07) is 19.1. The zero-order valence-electron chi connectivity index (χ0n) is 11.9. The summed E-state index contributed by atoms with van der Waals surface area (Å²) in [7, 11) is 0. The van der Waals surface area contributed by atoms with Crippen LogP contribution in [0.3, 0.4) is 0 Å². The first-order valence-electron chi connectivity index (χ1n) is 7.13. The average molecular weight is 341 g/mol. The number of hydrogen-bond donors (Lipinski definition) is 1. The van der Waals surface area contributed by atoms with Gasteiger partial charge in [0.15, 0.2) is 0 Å². The Bertz CT molecular complexity index is 738. The molecule has 0 bridgehead atoms. The molecule has 106 valence electrons. The van der Waals surface area contributed by atoms with Gasteiger partial charge in [-0.15, -0.1) is 0 Å². The summed E-state index contributed by atoms with van der Waals surface area (Å²) in [6.45, 7) is 2.19. The minimum atomic E-state index is 0.293. The van der Waals surface area contributed by atoms with Crippen molar-refractivity contribution in [3.8, 4) is 0 Å². The number of fused-ring (bicyclic) bond motifs is 1. The first-order chi connectivity index (χ1) is 10.3. The van der Waals surface area contributed by atoms with Gasteiger partial charge in [-0.2, -0.15) is 0 Å². The summed E-state index contributed by atoms with van der Waals surface area (Å²) >= 11 is 3.48. The average Bonchev–Trinajstić information content (AvgIpc) is 2.53. The van der Waals surface area contributed by atoms with Crippen LogP contribution in [0.5, 0.6) is 0 Å². The smallest absolute Gasteiger partial charge is 0.0703 e. The molecule has 0 aliphatic rings. The quantitative estimate of drug-likeness (QED) is 0.672. The van der Waals surface area contributed by atoms with E-state index in [-0.39, 0.29) is 0 Å². The second kappa shape index (κ2) is 6.27. The van der Waals surface area contributed by atoms with Crippen molar-refractivity contribution in [1.29, 1.82) is 0 Å². The molecule has 2 nitrogen and oxygen atoms in total. The van der Waals surface area contributed by atoms with Gasteiger partial charge < -0.3 is 5.32 Å². The summed E-state index contributed by atoms with van der Waals surface area (Å²) in [5.41, 5.74) is 3.37. The highest BCUT2D eigenvalue weighted by Crippen LogP contribution is 2.25. The summed E-state index contributed by atoms with van der Waals surface area (Å²) in [5.74, 6) is 0. The van der Waals surface area contributed by atoms with Gasteiger partial charge in [-0.05, 0) is 36.2 Å². The SMILES string of the molecule is CCC(Nc1cnc2ccccc2c1)c1ccc(Br)cc1. The number of benzene rings is 2. The molecule has 2 aromatic carbocycles. The number of pyridine rings is 1. The van der Waals surface area contributed by atoms with E-state index in [0.717, 1.165) is 27.5 Å². The fraction of sp³-hybridized carbons (Fsp3) is 0.167. The summed E-state index contributed by atoms with van der Waals surface area (Å²) in [5, 5.41) is 4.74. The van der Waals surface area contributed by atoms with E-state index in [1.807, 2.05) is 24.4 Å². The van der Waals surface area contributed by atoms with E-state index in [2.05, 4.69) is 69.6 Å². The molecule has 1 heterocycles. The van der Waals surface area contributed by atoms with Crippen LogP contribution in [0.1, 0.15) is 24.9 Å². The van der Waals surface area contributed by atoms with Gasteiger partial charge in [0.05, 0.1) is 23.4 Å². The molecule has 0 amide bonds. The normalized spacial score (nSPS) is 12.3. The molecule has 0 spiro atoms. The number of para-hydroxylation sites is 1.